The van der Waals surface area contributed by atoms with Crippen LogP contribution in [0.2, 0.25) is 0 Å². The van der Waals surface area contributed by atoms with Crippen LogP contribution >= 0.6 is 0 Å². The maximum atomic E-state index is 2.44. The zero-order valence-electron chi connectivity index (χ0n) is 13.2. The molecule has 0 heterocycles. The van der Waals surface area contributed by atoms with Crippen molar-refractivity contribution in [1.82, 2.24) is 0 Å². The molecular weight excluding hydrogens is 228 g/mol. The van der Waals surface area contributed by atoms with Gasteiger partial charge in [-0.15, -0.1) is 0 Å². The largest absolute Gasteiger partial charge is 0.0914 e. The molecule has 2 aliphatic carbocycles. The fourth-order valence-corrected chi connectivity index (χ4v) is 4.52. The summed E-state index contributed by atoms with van der Waals surface area (Å²) in [4.78, 5) is 0. The van der Waals surface area contributed by atoms with Crippen molar-refractivity contribution in [3.05, 3.63) is 12.2 Å². The van der Waals surface area contributed by atoms with Crippen LogP contribution in [-0.4, -0.2) is 0 Å². The van der Waals surface area contributed by atoms with Gasteiger partial charge in [0.25, 0.3) is 0 Å². The first-order valence-electron chi connectivity index (χ1n) is 8.96. The van der Waals surface area contributed by atoms with E-state index in [1.165, 1.54) is 44.9 Å². The molecule has 110 valence electrons. The first-order valence-corrected chi connectivity index (χ1v) is 8.96. The van der Waals surface area contributed by atoms with Gasteiger partial charge in [0, 0.05) is 0 Å². The van der Waals surface area contributed by atoms with Gasteiger partial charge in [-0.25, -0.2) is 0 Å². The maximum Gasteiger partial charge on any atom is -0.0233 e. The Kier molecular flexibility index (Phi) is 6.47. The van der Waals surface area contributed by atoms with E-state index in [4.69, 9.17) is 0 Å². The Balaban J connectivity index is 1.68. The summed E-state index contributed by atoms with van der Waals surface area (Å²) in [6.45, 7) is 4.50. The highest BCUT2D eigenvalue weighted by molar-refractivity contribution is 4.90. The molecule has 0 heteroatoms. The van der Waals surface area contributed by atoms with Gasteiger partial charge in [0.1, 0.15) is 0 Å². The molecule has 0 aromatic carbocycles. The van der Waals surface area contributed by atoms with Crippen LogP contribution in [0.5, 0.6) is 0 Å². The second-order valence-corrected chi connectivity index (χ2v) is 7.12. The highest BCUT2D eigenvalue weighted by Gasteiger charge is 2.29. The lowest BCUT2D eigenvalue weighted by Crippen LogP contribution is -2.25. The van der Waals surface area contributed by atoms with Gasteiger partial charge < -0.3 is 0 Å². The third-order valence-corrected chi connectivity index (χ3v) is 5.81. The van der Waals surface area contributed by atoms with Crippen molar-refractivity contribution in [3.63, 3.8) is 0 Å². The summed E-state index contributed by atoms with van der Waals surface area (Å²) in [6.07, 6.45) is 21.2. The van der Waals surface area contributed by atoms with Gasteiger partial charge in [-0.1, -0.05) is 51.2 Å². The van der Waals surface area contributed by atoms with Crippen LogP contribution in [0.3, 0.4) is 0 Å². The predicted molar refractivity (Wildman–Crippen MR) is 85.2 cm³/mol. The molecular formula is C19H34. The molecule has 0 aromatic heterocycles. The van der Waals surface area contributed by atoms with Crippen LogP contribution in [0.1, 0.15) is 84.5 Å². The van der Waals surface area contributed by atoms with Gasteiger partial charge in [-0.2, -0.15) is 0 Å². The maximum absolute atomic E-state index is 2.44. The Morgan fingerprint density at radius 3 is 1.95 bits per heavy atom. The Morgan fingerprint density at radius 2 is 1.42 bits per heavy atom. The molecule has 2 aliphatic rings. The Labute approximate surface area is 121 Å². The number of allylic oxidation sites excluding steroid dienone is 2. The third-order valence-electron chi connectivity index (χ3n) is 5.81. The first-order chi connectivity index (χ1) is 9.33. The number of hydrogen-bond acceptors (Lipinski definition) is 0. The summed E-state index contributed by atoms with van der Waals surface area (Å²) in [5.41, 5.74) is 0. The van der Waals surface area contributed by atoms with Gasteiger partial charge in [0.15, 0.2) is 0 Å². The zero-order valence-corrected chi connectivity index (χ0v) is 13.2. The molecule has 0 atom stereocenters. The van der Waals surface area contributed by atoms with Crippen LogP contribution in [-0.2, 0) is 0 Å². The summed E-state index contributed by atoms with van der Waals surface area (Å²) in [5.74, 6) is 4.15. The molecule has 0 bridgehead atoms. The summed E-state index contributed by atoms with van der Waals surface area (Å²) < 4.78 is 0. The molecule has 2 rings (SSSR count). The Morgan fingerprint density at radius 1 is 0.842 bits per heavy atom. The molecule has 0 aliphatic heterocycles. The minimum atomic E-state index is 0.905. The lowest BCUT2D eigenvalue weighted by atomic mass is 9.68. The average molecular weight is 262 g/mol. The zero-order chi connectivity index (χ0) is 13.5. The van der Waals surface area contributed by atoms with Crippen LogP contribution in [0.4, 0.5) is 0 Å². The van der Waals surface area contributed by atoms with E-state index < -0.39 is 0 Å². The second-order valence-electron chi connectivity index (χ2n) is 7.12. The number of unbranched alkanes of at least 4 members (excludes halogenated alkanes) is 1. The van der Waals surface area contributed by atoms with Gasteiger partial charge in [-0.3, -0.25) is 0 Å². The van der Waals surface area contributed by atoms with Crippen LogP contribution < -0.4 is 0 Å². The molecule has 2 saturated carbocycles. The molecule has 2 fully saturated rings. The molecule has 0 nitrogen and oxygen atoms in total. The van der Waals surface area contributed by atoms with Gasteiger partial charge in [0.05, 0.1) is 0 Å². The van der Waals surface area contributed by atoms with Crippen LogP contribution in [0, 0.1) is 23.7 Å². The van der Waals surface area contributed by atoms with E-state index in [2.05, 4.69) is 26.0 Å². The standard InChI is InChI=1S/C19H34/c1-3-5-7-17-10-14-19(15-11-17)18-12-8-16(6-4-2)9-13-18/h4,6,16-19H,3,5,7-15H2,1-2H3/b6-4-. The summed E-state index contributed by atoms with van der Waals surface area (Å²) in [5, 5.41) is 0. The van der Waals surface area contributed by atoms with E-state index in [0.717, 1.165) is 23.7 Å². The lowest BCUT2D eigenvalue weighted by Gasteiger charge is -2.37. The summed E-state index contributed by atoms with van der Waals surface area (Å²) >= 11 is 0. The van der Waals surface area contributed by atoms with E-state index in [1.807, 2.05) is 0 Å². The lowest BCUT2D eigenvalue weighted by molar-refractivity contribution is 0.151. The number of hydrogen-bond donors (Lipinski definition) is 0. The van der Waals surface area contributed by atoms with Crippen molar-refractivity contribution in [2.24, 2.45) is 23.7 Å². The van der Waals surface area contributed by atoms with Gasteiger partial charge in [0.2, 0.25) is 0 Å². The highest BCUT2D eigenvalue weighted by Crippen LogP contribution is 2.42. The van der Waals surface area contributed by atoms with Crippen LogP contribution in [0.15, 0.2) is 12.2 Å². The molecule has 0 saturated heterocycles. The van der Waals surface area contributed by atoms with E-state index in [9.17, 15) is 0 Å². The quantitative estimate of drug-likeness (QED) is 0.505. The smallest absolute Gasteiger partial charge is 0.0233 e. The molecule has 0 spiro atoms. The van der Waals surface area contributed by atoms with Crippen molar-refractivity contribution < 1.29 is 0 Å². The molecule has 0 N–H and O–H groups in total. The van der Waals surface area contributed by atoms with Crippen molar-refractivity contribution in [2.45, 2.75) is 84.5 Å². The highest BCUT2D eigenvalue weighted by atomic mass is 14.3. The molecule has 0 amide bonds. The molecule has 19 heavy (non-hydrogen) atoms. The first kappa shape index (κ1) is 15.1. The van der Waals surface area contributed by atoms with Crippen molar-refractivity contribution in [2.75, 3.05) is 0 Å². The minimum absolute atomic E-state index is 0.905. The summed E-state index contributed by atoms with van der Waals surface area (Å²) in [7, 11) is 0. The average Bonchev–Trinajstić information content (AvgIpc) is 2.47. The number of rotatable bonds is 5. The molecule has 0 unspecified atom stereocenters. The molecule has 0 aromatic rings. The van der Waals surface area contributed by atoms with Gasteiger partial charge >= 0.3 is 0 Å². The second kappa shape index (κ2) is 8.12. The normalized spacial score (nSPS) is 36.7. The van der Waals surface area contributed by atoms with E-state index in [-0.39, 0.29) is 0 Å². The Bertz CT molecular complexity index is 249. The monoisotopic (exact) mass is 262 g/mol. The minimum Gasteiger partial charge on any atom is -0.0914 e. The fraction of sp³-hybridized carbons (Fsp3) is 0.895. The third kappa shape index (κ3) is 4.65. The van der Waals surface area contributed by atoms with Crippen molar-refractivity contribution in [1.29, 1.82) is 0 Å². The topological polar surface area (TPSA) is 0 Å². The van der Waals surface area contributed by atoms with E-state index in [0.29, 0.717) is 0 Å². The van der Waals surface area contributed by atoms with Crippen LogP contribution in [0.25, 0.3) is 0 Å². The van der Waals surface area contributed by atoms with E-state index in [1.54, 1.807) is 25.7 Å². The van der Waals surface area contributed by atoms with Gasteiger partial charge in [-0.05, 0) is 69.1 Å². The summed E-state index contributed by atoms with van der Waals surface area (Å²) in [6, 6.07) is 0. The molecule has 0 radical (unpaired) electrons. The van der Waals surface area contributed by atoms with Crippen molar-refractivity contribution >= 4 is 0 Å². The van der Waals surface area contributed by atoms with E-state index >= 15 is 0 Å². The predicted octanol–water partition coefficient (Wildman–Crippen LogP) is 6.37. The Hall–Kier alpha value is -0.260. The fourth-order valence-electron chi connectivity index (χ4n) is 4.52. The van der Waals surface area contributed by atoms with Crippen molar-refractivity contribution in [3.8, 4) is 0 Å². The SMILES string of the molecule is C/C=C\C1CCC(C2CCC(CCCC)CC2)CC1.